The van der Waals surface area contributed by atoms with Crippen LogP contribution in [0.4, 0.5) is 0 Å². The first-order chi connectivity index (χ1) is 19.1. The first-order valence-electron chi connectivity index (χ1n) is 15.8. The predicted molar refractivity (Wildman–Crippen MR) is 178 cm³/mol. The van der Waals surface area contributed by atoms with Crippen molar-refractivity contribution in [1.82, 2.24) is 0 Å². The van der Waals surface area contributed by atoms with Gasteiger partial charge in [0.1, 0.15) is 24.6 Å². The van der Waals surface area contributed by atoms with E-state index in [-0.39, 0.29) is 58.4 Å². The van der Waals surface area contributed by atoms with E-state index in [0.29, 0.717) is 24.8 Å². The van der Waals surface area contributed by atoms with Gasteiger partial charge in [-0.3, -0.25) is 0 Å². The maximum absolute atomic E-state index is 13.1. The summed E-state index contributed by atoms with van der Waals surface area (Å²) in [6.07, 6.45) is 10.2. The van der Waals surface area contributed by atoms with Gasteiger partial charge in [0.05, 0.1) is 12.2 Å². The highest BCUT2D eigenvalue weighted by Gasteiger charge is 2.55. The molecular weight excluding hydrogens is 561 g/mol. The van der Waals surface area contributed by atoms with Crippen LogP contribution in [0.25, 0.3) is 0 Å². The normalized spacial score (nSPS) is 32.9. The molecule has 6 nitrogen and oxygen atoms in total. The molecule has 0 aromatic heterocycles. The molecule has 0 aromatic carbocycles. The van der Waals surface area contributed by atoms with Gasteiger partial charge in [-0.25, -0.2) is 4.79 Å². The minimum absolute atomic E-state index is 0.0522. The number of carbonyl (C=O) groups excluding carboxylic acids is 2. The highest BCUT2D eigenvalue weighted by molar-refractivity contribution is 6.74. The van der Waals surface area contributed by atoms with Crippen molar-refractivity contribution in [3.63, 3.8) is 0 Å². The zero-order valence-corrected chi connectivity index (χ0v) is 31.0. The maximum atomic E-state index is 13.1. The molecule has 0 amide bonds. The Balaban J connectivity index is 2.55. The largest absolute Gasteiger partial charge is 0.459 e. The van der Waals surface area contributed by atoms with Crippen LogP contribution >= 0.6 is 0 Å². The quantitative estimate of drug-likeness (QED) is 0.0933. The topological polar surface area (TPSA) is 74.4 Å². The molecule has 0 unspecified atom stereocenters. The van der Waals surface area contributed by atoms with Crippen molar-refractivity contribution in [2.75, 3.05) is 0 Å². The van der Waals surface area contributed by atoms with Gasteiger partial charge in [-0.05, 0) is 69.0 Å². The predicted octanol–water partition coefficient (Wildman–Crippen LogP) is 8.55. The Morgan fingerprint density at radius 1 is 0.952 bits per heavy atom. The lowest BCUT2D eigenvalue weighted by Crippen LogP contribution is -2.48. The van der Waals surface area contributed by atoms with Gasteiger partial charge < -0.3 is 23.1 Å². The molecule has 2 aliphatic rings. The summed E-state index contributed by atoms with van der Waals surface area (Å²) in [5.41, 5.74) is 1.53. The first-order valence-corrected chi connectivity index (χ1v) is 21.6. The van der Waals surface area contributed by atoms with Crippen LogP contribution in [0.1, 0.15) is 88.5 Å². The lowest BCUT2D eigenvalue weighted by atomic mass is 9.95. The fourth-order valence-electron chi connectivity index (χ4n) is 4.84. The van der Waals surface area contributed by atoms with Gasteiger partial charge in [-0.2, -0.15) is 0 Å². The molecule has 7 atom stereocenters. The van der Waals surface area contributed by atoms with Crippen LogP contribution in [0.3, 0.4) is 0 Å². The van der Waals surface area contributed by atoms with Crippen molar-refractivity contribution in [1.29, 1.82) is 0 Å². The molecule has 0 saturated carbocycles. The zero-order chi connectivity index (χ0) is 32.3. The highest BCUT2D eigenvalue weighted by atomic mass is 28.4. The summed E-state index contributed by atoms with van der Waals surface area (Å²) >= 11 is 0. The number of ether oxygens (including phenoxy) is 2. The third kappa shape index (κ3) is 10.1. The van der Waals surface area contributed by atoms with Crippen molar-refractivity contribution in [2.45, 2.75) is 155 Å². The summed E-state index contributed by atoms with van der Waals surface area (Å²) in [5.74, 6) is -0.480. The molecule has 240 valence electrons. The van der Waals surface area contributed by atoms with E-state index in [9.17, 15) is 9.59 Å². The van der Waals surface area contributed by atoms with E-state index in [1.165, 1.54) is 0 Å². The van der Waals surface area contributed by atoms with E-state index in [4.69, 9.17) is 18.3 Å². The van der Waals surface area contributed by atoms with Gasteiger partial charge in [0.2, 0.25) is 0 Å². The van der Waals surface area contributed by atoms with Gasteiger partial charge in [-0.1, -0.05) is 79.2 Å². The minimum Gasteiger partial charge on any atom is -0.459 e. The number of epoxide rings is 1. The van der Waals surface area contributed by atoms with E-state index in [2.05, 4.69) is 92.9 Å². The molecule has 0 aromatic rings. The summed E-state index contributed by atoms with van der Waals surface area (Å²) in [6, 6.07) is 0. The molecule has 1 saturated heterocycles. The minimum atomic E-state index is -2.11. The van der Waals surface area contributed by atoms with Crippen LogP contribution in [0.2, 0.25) is 36.3 Å². The number of aldehydes is 1. The van der Waals surface area contributed by atoms with Crippen molar-refractivity contribution in [3.05, 3.63) is 35.5 Å². The highest BCUT2D eigenvalue weighted by Crippen LogP contribution is 2.45. The number of hydrogen-bond donors (Lipinski definition) is 0. The second kappa shape index (κ2) is 14.2. The maximum Gasteiger partial charge on any atom is 0.334 e. The monoisotopic (exact) mass is 620 g/mol. The second-order valence-corrected chi connectivity index (χ2v) is 25.3. The van der Waals surface area contributed by atoms with Crippen LogP contribution in [-0.4, -0.2) is 59.4 Å². The summed E-state index contributed by atoms with van der Waals surface area (Å²) in [4.78, 5) is 24.4. The number of cyclic esters (lactones) is 1. The number of allylic oxidation sites excluding steroid dienone is 2. The third-order valence-electron chi connectivity index (χ3n) is 9.63. The molecule has 42 heavy (non-hydrogen) atoms. The number of hydrogen-bond acceptors (Lipinski definition) is 6. The van der Waals surface area contributed by atoms with Gasteiger partial charge in [0.15, 0.2) is 16.6 Å². The van der Waals surface area contributed by atoms with Gasteiger partial charge >= 0.3 is 5.97 Å². The summed E-state index contributed by atoms with van der Waals surface area (Å²) < 4.78 is 26.5. The SMILES string of the molecule is CC1=C\[C@@H](C)[C@H](O[Si](C)(C)C(C)(C)C)[C@@H]2O[C@H]2[C@H](O[Si](C)(C)C(C)(C)C)C/C=C/C[C@@H](C[C@H](C)C=O)OC(=O)\C(C)=C\1. The Morgan fingerprint density at radius 2 is 1.50 bits per heavy atom. The van der Waals surface area contributed by atoms with Crippen LogP contribution in [0.15, 0.2) is 35.5 Å². The zero-order valence-electron chi connectivity index (χ0n) is 29.0. The van der Waals surface area contributed by atoms with Crippen molar-refractivity contribution < 1.29 is 27.9 Å². The molecule has 1 fully saturated rings. The Morgan fingerprint density at radius 3 is 2.05 bits per heavy atom. The van der Waals surface area contributed by atoms with Crippen LogP contribution in [0, 0.1) is 11.8 Å². The first kappa shape index (κ1) is 36.9. The standard InChI is InChI=1S/C34H60O6Si2/c1-23-19-25(3)29(40-42(13,14)34(8,9)10)31-30(38-31)28(39-41(11,12)33(5,6)7)18-16-15-17-27(21-24(2)22-35)37-32(36)26(4)20-23/h15-16,19-20,22,24-25,27-31H,17-18,21H2,1-14H3/b16-15+,23-19+,26-20+/t24-,25+,27-,28+,29-,30-,31-/m0/s1. The average molecular weight is 621 g/mol. The Hall–Kier alpha value is -1.33. The number of carbonyl (C=O) groups is 2. The molecular formula is C34H60O6Si2. The second-order valence-electron chi connectivity index (χ2n) is 15.7. The fourth-order valence-corrected chi connectivity index (χ4v) is 7.56. The molecule has 0 N–H and O–H groups in total. The lowest BCUT2D eigenvalue weighted by Gasteiger charge is -2.41. The summed E-state index contributed by atoms with van der Waals surface area (Å²) in [7, 11) is -4.20. The van der Waals surface area contributed by atoms with E-state index < -0.39 is 16.6 Å². The van der Waals surface area contributed by atoms with Gasteiger partial charge in [0, 0.05) is 23.8 Å². The molecule has 0 bridgehead atoms. The number of fused-ring (bicyclic) bond motifs is 1. The third-order valence-corrected chi connectivity index (χ3v) is 18.6. The Labute approximate surface area is 258 Å². The number of esters is 1. The van der Waals surface area contributed by atoms with Gasteiger partial charge in [-0.15, -0.1) is 0 Å². The lowest BCUT2D eigenvalue weighted by molar-refractivity contribution is -0.145. The smallest absolute Gasteiger partial charge is 0.334 e. The van der Waals surface area contributed by atoms with Crippen molar-refractivity contribution >= 4 is 28.9 Å². The van der Waals surface area contributed by atoms with E-state index in [0.717, 1.165) is 11.9 Å². The van der Waals surface area contributed by atoms with Crippen molar-refractivity contribution in [2.24, 2.45) is 11.8 Å². The van der Waals surface area contributed by atoms with Gasteiger partial charge in [0.25, 0.3) is 0 Å². The molecule has 0 spiro atoms. The Kier molecular flexibility index (Phi) is 12.5. The van der Waals surface area contributed by atoms with Crippen LogP contribution in [-0.2, 0) is 27.9 Å². The summed E-state index contributed by atoms with van der Waals surface area (Å²) in [5, 5.41) is 0.123. The van der Waals surface area contributed by atoms with Crippen LogP contribution < -0.4 is 0 Å². The molecule has 2 aliphatic heterocycles. The summed E-state index contributed by atoms with van der Waals surface area (Å²) in [6.45, 7) is 30.6. The molecule has 8 heteroatoms. The Bertz CT molecular complexity index is 1030. The van der Waals surface area contributed by atoms with E-state index in [1.807, 2.05) is 19.9 Å². The molecule has 2 heterocycles. The van der Waals surface area contributed by atoms with E-state index in [1.54, 1.807) is 6.92 Å². The van der Waals surface area contributed by atoms with Crippen molar-refractivity contribution in [3.8, 4) is 0 Å². The van der Waals surface area contributed by atoms with Crippen LogP contribution in [0.5, 0.6) is 0 Å². The molecule has 2 rings (SSSR count). The number of rotatable bonds is 7. The van der Waals surface area contributed by atoms with E-state index >= 15 is 0 Å². The molecule has 0 radical (unpaired) electrons. The molecule has 0 aliphatic carbocycles. The average Bonchev–Trinajstić information content (AvgIpc) is 3.62. The fraction of sp³-hybridized carbons (Fsp3) is 0.765.